The van der Waals surface area contributed by atoms with Gasteiger partial charge in [0.05, 0.1) is 26.2 Å². The van der Waals surface area contributed by atoms with Crippen LogP contribution in [0.15, 0.2) is 42.5 Å². The number of fused-ring (bicyclic) bond motifs is 2. The first-order valence-corrected chi connectivity index (χ1v) is 12.7. The quantitative estimate of drug-likeness (QED) is 0.369. The van der Waals surface area contributed by atoms with Gasteiger partial charge in [-0.05, 0) is 31.0 Å². The van der Waals surface area contributed by atoms with Crippen LogP contribution in [0, 0.1) is 17.5 Å². The molecule has 3 aromatic carbocycles. The van der Waals surface area contributed by atoms with Crippen LogP contribution in [-0.2, 0) is 16.0 Å². The zero-order valence-corrected chi connectivity index (χ0v) is 20.8. The summed E-state index contributed by atoms with van der Waals surface area (Å²) in [4.78, 5) is 11.1. The second kappa shape index (κ2) is 10.3. The van der Waals surface area contributed by atoms with Crippen LogP contribution in [0.25, 0.3) is 0 Å². The normalized spacial score (nSPS) is 21.3. The summed E-state index contributed by atoms with van der Waals surface area (Å²) in [7, 11) is 0. The Morgan fingerprint density at radius 1 is 0.923 bits per heavy atom. The van der Waals surface area contributed by atoms with Crippen molar-refractivity contribution in [1.82, 2.24) is 0 Å². The van der Waals surface area contributed by atoms with Crippen molar-refractivity contribution >= 4 is 5.97 Å². The summed E-state index contributed by atoms with van der Waals surface area (Å²) < 4.78 is 72.7. The lowest BCUT2D eigenvalue weighted by Gasteiger charge is -2.18. The van der Waals surface area contributed by atoms with Crippen LogP contribution in [0.5, 0.6) is 28.7 Å². The molecule has 2 aliphatic heterocycles. The highest BCUT2D eigenvalue weighted by Crippen LogP contribution is 2.45. The second-order valence-corrected chi connectivity index (χ2v) is 9.81. The number of halogens is 3. The molecule has 7 nitrogen and oxygen atoms in total. The molecule has 1 aliphatic carbocycles. The maximum atomic E-state index is 15.0. The summed E-state index contributed by atoms with van der Waals surface area (Å²) in [6, 6.07) is 9.60. The van der Waals surface area contributed by atoms with E-state index < -0.39 is 29.5 Å². The summed E-state index contributed by atoms with van der Waals surface area (Å²) in [6.07, 6.45) is 0.428. The number of benzene rings is 3. The molecule has 0 amide bonds. The fourth-order valence-electron chi connectivity index (χ4n) is 5.31. The van der Waals surface area contributed by atoms with Gasteiger partial charge in [0.1, 0.15) is 35.3 Å². The third-order valence-corrected chi connectivity index (χ3v) is 7.19. The van der Waals surface area contributed by atoms with Gasteiger partial charge >= 0.3 is 5.97 Å². The molecule has 3 aliphatic rings. The number of carboxylic acid groups (broad SMARTS) is 1. The van der Waals surface area contributed by atoms with Crippen LogP contribution in [0.4, 0.5) is 13.2 Å². The van der Waals surface area contributed by atoms with Crippen molar-refractivity contribution in [3.8, 4) is 28.7 Å². The maximum absolute atomic E-state index is 15.0. The average Bonchev–Trinajstić information content (AvgIpc) is 3.65. The first-order chi connectivity index (χ1) is 18.9. The predicted octanol–water partition coefficient (Wildman–Crippen LogP) is 6.08. The van der Waals surface area contributed by atoms with Crippen molar-refractivity contribution in [3.05, 3.63) is 76.6 Å². The number of carboxylic acids is 1. The van der Waals surface area contributed by atoms with Gasteiger partial charge in [-0.1, -0.05) is 6.07 Å². The van der Waals surface area contributed by atoms with E-state index in [0.29, 0.717) is 55.1 Å². The standard InChI is InChI=1S/C29H25F3O7/c30-20-4-6-23(39-27-12-21(31)26(11-22(27)32)38-17-7-8-35-14-17)19-3-5-24(29(19)20)37-16-1-2-18-15(9-28(33)34)13-36-25(18)10-16/h1-2,4,6,10-12,15,17,24H,3,5,7-9,13-14H2,(H,33,34). The maximum Gasteiger partial charge on any atom is 0.304 e. The lowest BCUT2D eigenvalue weighted by molar-refractivity contribution is -0.137. The lowest BCUT2D eigenvalue weighted by atomic mass is 9.98. The van der Waals surface area contributed by atoms with E-state index in [4.69, 9.17) is 28.8 Å². The van der Waals surface area contributed by atoms with E-state index in [0.717, 1.165) is 17.7 Å². The molecule has 6 rings (SSSR count). The summed E-state index contributed by atoms with van der Waals surface area (Å²) in [5, 5.41) is 9.10. The van der Waals surface area contributed by atoms with Crippen molar-refractivity contribution in [2.75, 3.05) is 19.8 Å². The topological polar surface area (TPSA) is 83.5 Å². The minimum atomic E-state index is -0.904. The average molecular weight is 543 g/mol. The smallest absolute Gasteiger partial charge is 0.304 e. The molecule has 1 saturated heterocycles. The van der Waals surface area contributed by atoms with Crippen molar-refractivity contribution in [2.45, 2.75) is 43.8 Å². The van der Waals surface area contributed by atoms with Crippen LogP contribution >= 0.6 is 0 Å². The summed E-state index contributed by atoms with van der Waals surface area (Å²) in [6.45, 7) is 1.09. The number of hydrogen-bond acceptors (Lipinski definition) is 6. The lowest BCUT2D eigenvalue weighted by Crippen LogP contribution is -2.16. The summed E-state index contributed by atoms with van der Waals surface area (Å²) in [5.41, 5.74) is 1.60. The molecule has 0 saturated carbocycles. The van der Waals surface area contributed by atoms with Gasteiger partial charge in [-0.15, -0.1) is 0 Å². The Kier molecular flexibility index (Phi) is 6.72. The third kappa shape index (κ3) is 5.08. The zero-order chi connectivity index (χ0) is 27.1. The van der Waals surface area contributed by atoms with Crippen molar-refractivity contribution < 1.29 is 46.8 Å². The molecule has 0 aromatic heterocycles. The van der Waals surface area contributed by atoms with Gasteiger partial charge in [-0.25, -0.2) is 13.2 Å². The van der Waals surface area contributed by atoms with Crippen molar-refractivity contribution in [1.29, 1.82) is 0 Å². The Hall–Kier alpha value is -3.92. The third-order valence-electron chi connectivity index (χ3n) is 7.19. The van der Waals surface area contributed by atoms with Gasteiger partial charge in [0.2, 0.25) is 0 Å². The van der Waals surface area contributed by atoms with Gasteiger partial charge < -0.3 is 28.8 Å². The SMILES string of the molecule is O=C(O)CC1COc2cc(OC3CCc4c(Oc5cc(F)c(OC6CCOC6)cc5F)ccc(F)c43)ccc21. The molecule has 0 spiro atoms. The molecule has 0 bridgehead atoms. The van der Waals surface area contributed by atoms with Crippen LogP contribution < -0.4 is 18.9 Å². The van der Waals surface area contributed by atoms with E-state index in [1.807, 2.05) is 0 Å². The van der Waals surface area contributed by atoms with Crippen molar-refractivity contribution in [3.63, 3.8) is 0 Å². The van der Waals surface area contributed by atoms with E-state index in [2.05, 4.69) is 0 Å². The van der Waals surface area contributed by atoms with Gasteiger partial charge in [-0.2, -0.15) is 0 Å². The van der Waals surface area contributed by atoms with E-state index in [-0.39, 0.29) is 42.3 Å². The van der Waals surface area contributed by atoms with Gasteiger partial charge in [0.25, 0.3) is 0 Å². The Balaban J connectivity index is 1.20. The number of rotatable bonds is 8. The van der Waals surface area contributed by atoms with E-state index >= 15 is 0 Å². The molecule has 39 heavy (non-hydrogen) atoms. The molecule has 1 fully saturated rings. The zero-order valence-electron chi connectivity index (χ0n) is 20.8. The minimum absolute atomic E-state index is 0.0348. The molecular formula is C29H25F3O7. The number of carbonyl (C=O) groups is 1. The Labute approximate surface area is 222 Å². The highest BCUT2D eigenvalue weighted by molar-refractivity contribution is 5.68. The fourth-order valence-corrected chi connectivity index (χ4v) is 5.31. The molecular weight excluding hydrogens is 517 g/mol. The second-order valence-electron chi connectivity index (χ2n) is 9.81. The fraction of sp³-hybridized carbons (Fsp3) is 0.345. The number of hydrogen-bond donors (Lipinski definition) is 1. The molecule has 0 radical (unpaired) electrons. The number of aliphatic carboxylic acids is 1. The molecule has 10 heteroatoms. The van der Waals surface area contributed by atoms with E-state index in [1.54, 1.807) is 18.2 Å². The van der Waals surface area contributed by atoms with Crippen LogP contribution in [0.1, 0.15) is 48.0 Å². The molecule has 3 unspecified atom stereocenters. The summed E-state index contributed by atoms with van der Waals surface area (Å²) >= 11 is 0. The molecule has 204 valence electrons. The molecule has 2 heterocycles. The highest BCUT2D eigenvalue weighted by Gasteiger charge is 2.32. The largest absolute Gasteiger partial charge is 0.492 e. The summed E-state index contributed by atoms with van der Waals surface area (Å²) in [5.74, 6) is -2.58. The minimum Gasteiger partial charge on any atom is -0.492 e. The Bertz CT molecular complexity index is 1420. The first kappa shape index (κ1) is 25.4. The Morgan fingerprint density at radius 2 is 1.74 bits per heavy atom. The van der Waals surface area contributed by atoms with Crippen LogP contribution in [0.2, 0.25) is 0 Å². The molecule has 3 atom stereocenters. The first-order valence-electron chi connectivity index (χ1n) is 12.7. The van der Waals surface area contributed by atoms with Gasteiger partial charge in [0, 0.05) is 47.2 Å². The van der Waals surface area contributed by atoms with Crippen LogP contribution in [0.3, 0.4) is 0 Å². The molecule has 3 aromatic rings. The van der Waals surface area contributed by atoms with Gasteiger partial charge in [0.15, 0.2) is 23.1 Å². The Morgan fingerprint density at radius 3 is 2.54 bits per heavy atom. The van der Waals surface area contributed by atoms with Gasteiger partial charge in [-0.3, -0.25) is 4.79 Å². The monoisotopic (exact) mass is 542 g/mol. The van der Waals surface area contributed by atoms with E-state index in [1.165, 1.54) is 12.1 Å². The predicted molar refractivity (Wildman–Crippen MR) is 131 cm³/mol. The molecule has 1 N–H and O–H groups in total. The van der Waals surface area contributed by atoms with Crippen LogP contribution in [-0.4, -0.2) is 37.0 Å². The highest BCUT2D eigenvalue weighted by atomic mass is 19.1. The van der Waals surface area contributed by atoms with Crippen molar-refractivity contribution in [2.24, 2.45) is 0 Å². The van der Waals surface area contributed by atoms with E-state index in [9.17, 15) is 18.0 Å². The number of ether oxygens (including phenoxy) is 5.